The third-order valence-corrected chi connectivity index (χ3v) is 13.4. The first-order chi connectivity index (χ1) is 39.6. The zero-order valence-corrected chi connectivity index (χ0v) is 52.4. The second-order valence-corrected chi connectivity index (χ2v) is 22.3. The third kappa shape index (κ3) is 62.9. The molecule has 2 atom stereocenters. The molecule has 2 unspecified atom stereocenters. The van der Waals surface area contributed by atoms with E-state index in [0.717, 1.165) is 122 Å². The summed E-state index contributed by atoms with van der Waals surface area (Å²) in [4.78, 5) is 37.4. The van der Waals surface area contributed by atoms with Crippen molar-refractivity contribution in [3.8, 4) is 0 Å². The molecule has 0 aromatic carbocycles. The van der Waals surface area contributed by atoms with E-state index in [1.54, 1.807) is 0 Å². The second kappa shape index (κ2) is 61.5. The van der Waals surface area contributed by atoms with Gasteiger partial charge in [-0.25, -0.2) is 0 Å². The summed E-state index contributed by atoms with van der Waals surface area (Å²) in [6, 6.07) is 0. The lowest BCUT2D eigenvalue weighted by atomic mass is 10.0. The van der Waals surface area contributed by atoms with Crippen molar-refractivity contribution in [3.63, 3.8) is 0 Å². The van der Waals surface area contributed by atoms with Crippen molar-refractivity contribution >= 4 is 17.9 Å². The Kier molecular flexibility index (Phi) is 58.0. The number of likely N-dealkylation sites (N-methyl/N-ethyl adjacent to an activating group) is 1. The number of ether oxygens (including phenoxy) is 4. The molecule has 0 rings (SSSR count). The molecule has 460 valence electrons. The van der Waals surface area contributed by atoms with Crippen LogP contribution in [0.4, 0.5) is 0 Å². The molecular formula is C72H119NO8. The maximum atomic E-state index is 12.9. The topological polar surface area (TPSA) is 111 Å². The summed E-state index contributed by atoms with van der Waals surface area (Å²) in [6.45, 7) is 4.50. The lowest BCUT2D eigenvalue weighted by Crippen LogP contribution is -2.44. The summed E-state index contributed by atoms with van der Waals surface area (Å²) in [7, 11) is 5.92. The monoisotopic (exact) mass is 1130 g/mol. The van der Waals surface area contributed by atoms with Gasteiger partial charge in [0.25, 0.3) is 0 Å². The summed E-state index contributed by atoms with van der Waals surface area (Å²) in [5.74, 6) is -2.31. The molecule has 0 spiro atoms. The number of carbonyl (C=O) groups excluding carboxylic acids is 3. The molecule has 0 bridgehead atoms. The lowest BCUT2D eigenvalue weighted by Gasteiger charge is -2.26. The summed E-state index contributed by atoms with van der Waals surface area (Å²) >= 11 is 0. The highest BCUT2D eigenvalue weighted by Gasteiger charge is 2.22. The summed E-state index contributed by atoms with van der Waals surface area (Å²) in [6.07, 6.45) is 85.1. The average Bonchev–Trinajstić information content (AvgIpc) is 3.44. The van der Waals surface area contributed by atoms with E-state index in [4.69, 9.17) is 18.9 Å². The molecule has 0 aliphatic rings. The normalized spacial score (nSPS) is 13.6. The van der Waals surface area contributed by atoms with Crippen LogP contribution in [-0.2, 0) is 33.3 Å². The van der Waals surface area contributed by atoms with Gasteiger partial charge in [0.1, 0.15) is 13.2 Å². The van der Waals surface area contributed by atoms with Crippen LogP contribution in [0.2, 0.25) is 0 Å². The maximum Gasteiger partial charge on any atom is 0.306 e. The number of aliphatic carboxylic acids is 1. The van der Waals surface area contributed by atoms with Gasteiger partial charge in [-0.1, -0.05) is 257 Å². The number of quaternary nitrogens is 1. The van der Waals surface area contributed by atoms with Crippen LogP contribution in [0.25, 0.3) is 0 Å². The molecule has 0 aromatic rings. The van der Waals surface area contributed by atoms with Crippen LogP contribution >= 0.6 is 0 Å². The van der Waals surface area contributed by atoms with E-state index >= 15 is 0 Å². The van der Waals surface area contributed by atoms with Crippen molar-refractivity contribution in [3.05, 3.63) is 134 Å². The number of hydrogen-bond donors (Lipinski definition) is 0. The number of hydrogen-bond acceptors (Lipinski definition) is 8. The van der Waals surface area contributed by atoms with E-state index in [9.17, 15) is 19.5 Å². The fourth-order valence-corrected chi connectivity index (χ4v) is 8.51. The molecule has 81 heavy (non-hydrogen) atoms. The molecule has 0 N–H and O–H groups in total. The highest BCUT2D eigenvalue weighted by atomic mass is 16.7. The molecule has 0 radical (unpaired) electrons. The molecule has 0 aromatic heterocycles. The van der Waals surface area contributed by atoms with Gasteiger partial charge in [0.05, 0.1) is 40.3 Å². The number of rotatable bonds is 58. The standard InChI is InChI=1S/C72H119NO8/c1-6-8-10-12-14-16-18-20-22-24-26-28-30-31-32-33-34-35-36-37-38-39-41-43-45-47-49-51-53-55-57-59-61-63-70(75)81-68(67-80-72(71(76)77)78-65-64-73(3,4)5)66-79-69(74)62-60-58-56-54-52-50-48-46-44-42-40-29-27-25-23-21-19-17-15-13-11-9-7-2/h8-11,14-17,20-23,26-29,31-32,34-35,42,44,68,72H,6-7,12-13,18-19,24-25,30,33,36-41,43,45-67H2,1-5H3/b10-8-,11-9-,16-14-,17-15-,22-20-,23-21-,28-26-,29-27-,32-31-,35-34-,44-42-. The van der Waals surface area contributed by atoms with Crippen LogP contribution in [-0.4, -0.2) is 82.3 Å². The van der Waals surface area contributed by atoms with E-state index in [2.05, 4.69) is 148 Å². The quantitative estimate of drug-likeness (QED) is 0.0195. The smallest absolute Gasteiger partial charge is 0.306 e. The summed E-state index contributed by atoms with van der Waals surface area (Å²) < 4.78 is 22.7. The Bertz CT molecular complexity index is 1790. The molecule has 9 nitrogen and oxygen atoms in total. The van der Waals surface area contributed by atoms with Crippen LogP contribution in [0.1, 0.15) is 245 Å². The second-order valence-electron chi connectivity index (χ2n) is 22.3. The fraction of sp³-hybridized carbons (Fsp3) is 0.653. The van der Waals surface area contributed by atoms with E-state index in [-0.39, 0.29) is 38.6 Å². The minimum absolute atomic E-state index is 0.139. The van der Waals surface area contributed by atoms with E-state index in [0.29, 0.717) is 17.4 Å². The highest BCUT2D eigenvalue weighted by molar-refractivity contribution is 5.70. The van der Waals surface area contributed by atoms with Gasteiger partial charge in [-0.15, -0.1) is 0 Å². The van der Waals surface area contributed by atoms with Crippen LogP contribution < -0.4 is 5.11 Å². The van der Waals surface area contributed by atoms with Crippen molar-refractivity contribution in [1.82, 2.24) is 0 Å². The first-order valence-electron chi connectivity index (χ1n) is 32.3. The Morgan fingerprint density at radius 3 is 0.988 bits per heavy atom. The minimum Gasteiger partial charge on any atom is -0.545 e. The highest BCUT2D eigenvalue weighted by Crippen LogP contribution is 2.16. The Labute approximate surface area is 497 Å². The minimum atomic E-state index is -1.63. The summed E-state index contributed by atoms with van der Waals surface area (Å²) in [5, 5.41) is 11.8. The van der Waals surface area contributed by atoms with Gasteiger partial charge in [-0.05, 0) is 109 Å². The number of carboxylic acid groups (broad SMARTS) is 1. The molecule has 0 saturated carbocycles. The average molecular weight is 1130 g/mol. The van der Waals surface area contributed by atoms with Crippen molar-refractivity contribution in [2.75, 3.05) is 47.5 Å². The Morgan fingerprint density at radius 2 is 0.667 bits per heavy atom. The number of carboxylic acids is 1. The van der Waals surface area contributed by atoms with Crippen LogP contribution in [0.3, 0.4) is 0 Å². The van der Waals surface area contributed by atoms with E-state index < -0.39 is 24.3 Å². The molecule has 0 aliphatic carbocycles. The lowest BCUT2D eigenvalue weighted by molar-refractivity contribution is -0.870. The van der Waals surface area contributed by atoms with Crippen molar-refractivity contribution in [2.45, 2.75) is 257 Å². The molecule has 0 saturated heterocycles. The third-order valence-electron chi connectivity index (χ3n) is 13.4. The fourth-order valence-electron chi connectivity index (χ4n) is 8.51. The molecular weight excluding hydrogens is 1010 g/mol. The number of nitrogens with zero attached hydrogens (tertiary/aromatic N) is 1. The number of carbonyl (C=O) groups is 3. The number of unbranched alkanes of at least 4 members (excludes halogenated alkanes) is 21. The van der Waals surface area contributed by atoms with Gasteiger partial charge >= 0.3 is 11.9 Å². The first-order valence-corrected chi connectivity index (χ1v) is 32.3. The SMILES string of the molecule is CC/C=C\C/C=C\C/C=C\C/C=C\C/C=C\C/C=C\CCCCCCCCCCCCCCCCC(=O)OC(COC(=O)CCCCCCCCC/C=C\C/C=C\C/C=C\C/C=C\C/C=C\CC)COC(OCC[N+](C)(C)C)C(=O)[O-]. The van der Waals surface area contributed by atoms with Gasteiger partial charge in [-0.2, -0.15) is 0 Å². The molecule has 9 heteroatoms. The number of allylic oxidation sites excluding steroid dienone is 22. The van der Waals surface area contributed by atoms with Crippen LogP contribution in [0.5, 0.6) is 0 Å². The Morgan fingerprint density at radius 1 is 0.370 bits per heavy atom. The molecule has 0 amide bonds. The molecule has 0 aliphatic heterocycles. The summed E-state index contributed by atoms with van der Waals surface area (Å²) in [5.41, 5.74) is 0. The van der Waals surface area contributed by atoms with Crippen molar-refractivity contribution in [1.29, 1.82) is 0 Å². The van der Waals surface area contributed by atoms with Crippen LogP contribution in [0, 0.1) is 0 Å². The largest absolute Gasteiger partial charge is 0.545 e. The van der Waals surface area contributed by atoms with Crippen molar-refractivity contribution < 1.29 is 42.9 Å². The van der Waals surface area contributed by atoms with Gasteiger partial charge in [0.15, 0.2) is 12.4 Å². The van der Waals surface area contributed by atoms with Gasteiger partial charge < -0.3 is 33.3 Å². The van der Waals surface area contributed by atoms with Gasteiger partial charge in [0.2, 0.25) is 0 Å². The van der Waals surface area contributed by atoms with Crippen molar-refractivity contribution in [2.24, 2.45) is 0 Å². The zero-order chi connectivity index (χ0) is 59.1. The number of esters is 2. The maximum absolute atomic E-state index is 12.9. The van der Waals surface area contributed by atoms with E-state index in [1.165, 1.54) is 89.9 Å². The predicted molar refractivity (Wildman–Crippen MR) is 343 cm³/mol. The van der Waals surface area contributed by atoms with E-state index in [1.807, 2.05) is 21.1 Å². The Balaban J connectivity index is 4.20. The van der Waals surface area contributed by atoms with Gasteiger partial charge in [-0.3, -0.25) is 9.59 Å². The Hall–Kier alpha value is -4.57. The van der Waals surface area contributed by atoms with Crippen LogP contribution in [0.15, 0.2) is 134 Å². The first kappa shape index (κ1) is 76.4. The molecule has 0 heterocycles. The zero-order valence-electron chi connectivity index (χ0n) is 52.4. The van der Waals surface area contributed by atoms with Gasteiger partial charge in [0, 0.05) is 12.8 Å². The predicted octanol–water partition coefficient (Wildman–Crippen LogP) is 18.5. The molecule has 0 fully saturated rings.